The number of esters is 1. The largest absolute Gasteiger partial charge is 0.506 e. The summed E-state index contributed by atoms with van der Waals surface area (Å²) in [5.41, 5.74) is 1.35. The van der Waals surface area contributed by atoms with Crippen LogP contribution in [0.2, 0.25) is 0 Å². The predicted molar refractivity (Wildman–Crippen MR) is 145 cm³/mol. The number of methoxy groups -OCH3 is 1. The van der Waals surface area contributed by atoms with Crippen molar-refractivity contribution in [2.24, 2.45) is 5.41 Å². The normalized spacial score (nSPS) is 14.6. The molecule has 8 nitrogen and oxygen atoms in total. The van der Waals surface area contributed by atoms with Crippen LogP contribution < -0.4 is 15.0 Å². The first-order valence-corrected chi connectivity index (χ1v) is 13.0. The van der Waals surface area contributed by atoms with Crippen LogP contribution in [0.3, 0.4) is 0 Å². The van der Waals surface area contributed by atoms with Crippen molar-refractivity contribution in [3.63, 3.8) is 0 Å². The first-order chi connectivity index (χ1) is 18.1. The van der Waals surface area contributed by atoms with Gasteiger partial charge in [0.1, 0.15) is 17.2 Å². The van der Waals surface area contributed by atoms with E-state index in [2.05, 4.69) is 6.92 Å². The summed E-state index contributed by atoms with van der Waals surface area (Å²) >= 11 is 0. The molecule has 3 aromatic rings. The van der Waals surface area contributed by atoms with Crippen LogP contribution >= 0.6 is 0 Å². The first kappa shape index (κ1) is 27.2. The van der Waals surface area contributed by atoms with Crippen LogP contribution in [0.5, 0.6) is 17.2 Å². The van der Waals surface area contributed by atoms with E-state index >= 15 is 0 Å². The van der Waals surface area contributed by atoms with Crippen LogP contribution in [0.25, 0.3) is 11.4 Å². The number of nitrogens with zero attached hydrogens (tertiary/aromatic N) is 2. The Bertz CT molecular complexity index is 1390. The SMILES string of the molecule is CCCCOc1cc2c(nc1C)-c1c(c(O)c(C(=O)OC)c(=O)n1Cc1ccccc1)C(C(C)(C)C)CO2. The van der Waals surface area contributed by atoms with E-state index in [1.165, 1.54) is 11.7 Å². The number of rotatable bonds is 7. The zero-order valence-electron chi connectivity index (χ0n) is 23.0. The smallest absolute Gasteiger partial charge is 0.347 e. The lowest BCUT2D eigenvalue weighted by Gasteiger charge is -2.32. The number of aromatic nitrogens is 2. The molecule has 1 aromatic carbocycles. The summed E-state index contributed by atoms with van der Waals surface area (Å²) < 4.78 is 18.7. The average Bonchev–Trinajstić information content (AvgIpc) is 3.04. The average molecular weight is 521 g/mol. The van der Waals surface area contributed by atoms with Gasteiger partial charge in [0.2, 0.25) is 0 Å². The second-order valence-corrected chi connectivity index (χ2v) is 10.7. The van der Waals surface area contributed by atoms with E-state index in [1.54, 1.807) is 0 Å². The van der Waals surface area contributed by atoms with Gasteiger partial charge in [-0.15, -0.1) is 0 Å². The number of hydrogen-bond acceptors (Lipinski definition) is 7. The molecule has 1 N–H and O–H groups in total. The fourth-order valence-corrected chi connectivity index (χ4v) is 4.78. The highest BCUT2D eigenvalue weighted by molar-refractivity contribution is 5.94. The molecule has 0 fully saturated rings. The van der Waals surface area contributed by atoms with Gasteiger partial charge in [0, 0.05) is 17.5 Å². The van der Waals surface area contributed by atoms with Gasteiger partial charge in [-0.1, -0.05) is 64.4 Å². The molecule has 0 spiro atoms. The highest BCUT2D eigenvalue weighted by Gasteiger charge is 2.40. The number of aromatic hydroxyl groups is 1. The monoisotopic (exact) mass is 520 g/mol. The molecule has 0 bridgehead atoms. The third kappa shape index (κ3) is 5.12. The summed E-state index contributed by atoms with van der Waals surface area (Å²) in [4.78, 5) is 31.5. The number of pyridine rings is 2. The molecule has 0 saturated heterocycles. The standard InChI is InChI=1S/C30H36N2O6/c1-7-8-14-37-21-15-22-25(31-18(21)2)26-23(20(17-38-22)30(3,4)5)27(33)24(29(35)36-6)28(34)32(26)16-19-12-10-9-11-13-19/h9-13,15,20,33H,7-8,14,16-17H2,1-6H3. The maximum absolute atomic E-state index is 13.9. The fourth-order valence-electron chi connectivity index (χ4n) is 4.78. The second kappa shape index (κ2) is 10.9. The van der Waals surface area contributed by atoms with E-state index in [9.17, 15) is 14.7 Å². The quantitative estimate of drug-likeness (QED) is 0.326. The lowest BCUT2D eigenvalue weighted by Crippen LogP contribution is -2.33. The van der Waals surface area contributed by atoms with Crippen molar-refractivity contribution in [3.8, 4) is 28.6 Å². The maximum atomic E-state index is 13.9. The maximum Gasteiger partial charge on any atom is 0.347 e. The molecule has 1 aliphatic rings. The predicted octanol–water partition coefficient (Wildman–Crippen LogP) is 5.46. The third-order valence-electron chi connectivity index (χ3n) is 6.96. The summed E-state index contributed by atoms with van der Waals surface area (Å²) in [6, 6.07) is 11.3. The van der Waals surface area contributed by atoms with Gasteiger partial charge in [-0.3, -0.25) is 4.79 Å². The lowest BCUT2D eigenvalue weighted by atomic mass is 9.75. The molecule has 3 heterocycles. The Hall–Kier alpha value is -3.81. The zero-order chi connectivity index (χ0) is 27.6. The van der Waals surface area contributed by atoms with Crippen LogP contribution in [0, 0.1) is 12.3 Å². The van der Waals surface area contributed by atoms with Crippen molar-refractivity contribution in [3.05, 3.63) is 69.1 Å². The summed E-state index contributed by atoms with van der Waals surface area (Å²) in [6.07, 6.45) is 1.91. The molecular formula is C30H36N2O6. The van der Waals surface area contributed by atoms with E-state index in [1.807, 2.05) is 64.1 Å². The topological polar surface area (TPSA) is 99.9 Å². The Morgan fingerprint density at radius 1 is 1.24 bits per heavy atom. The third-order valence-corrected chi connectivity index (χ3v) is 6.96. The van der Waals surface area contributed by atoms with Gasteiger partial charge in [0.15, 0.2) is 11.3 Å². The van der Waals surface area contributed by atoms with Crippen molar-refractivity contribution in [2.75, 3.05) is 20.3 Å². The lowest BCUT2D eigenvalue weighted by molar-refractivity contribution is 0.0593. The summed E-state index contributed by atoms with van der Waals surface area (Å²) in [6.45, 7) is 11.0. The molecule has 0 saturated carbocycles. The van der Waals surface area contributed by atoms with E-state index < -0.39 is 22.5 Å². The minimum absolute atomic E-state index is 0.165. The van der Waals surface area contributed by atoms with Gasteiger partial charge in [-0.2, -0.15) is 0 Å². The molecule has 1 unspecified atom stereocenters. The summed E-state index contributed by atoms with van der Waals surface area (Å²) in [5.74, 6) is -0.580. The van der Waals surface area contributed by atoms with E-state index in [-0.39, 0.29) is 24.8 Å². The Morgan fingerprint density at radius 2 is 1.95 bits per heavy atom. The van der Waals surface area contributed by atoms with Crippen LogP contribution in [0.15, 0.2) is 41.2 Å². The fraction of sp³-hybridized carbons (Fsp3) is 0.433. The molecule has 38 heavy (non-hydrogen) atoms. The van der Waals surface area contributed by atoms with Crippen LogP contribution in [0.1, 0.15) is 73.6 Å². The minimum Gasteiger partial charge on any atom is -0.506 e. The highest BCUT2D eigenvalue weighted by Crippen LogP contribution is 2.49. The van der Waals surface area contributed by atoms with Gasteiger partial charge in [0.25, 0.3) is 5.56 Å². The van der Waals surface area contributed by atoms with Crippen LogP contribution in [-0.2, 0) is 11.3 Å². The summed E-state index contributed by atoms with van der Waals surface area (Å²) in [5, 5.41) is 11.5. The molecular weight excluding hydrogens is 484 g/mol. The first-order valence-electron chi connectivity index (χ1n) is 13.0. The Balaban J connectivity index is 2.08. The van der Waals surface area contributed by atoms with Crippen molar-refractivity contribution in [1.82, 2.24) is 9.55 Å². The molecule has 8 heteroatoms. The van der Waals surface area contributed by atoms with Crippen LogP contribution in [-0.4, -0.2) is 41.0 Å². The molecule has 1 atom stereocenters. The number of carbonyl (C=O) groups excluding carboxylic acids is 1. The van der Waals surface area contributed by atoms with Crippen molar-refractivity contribution >= 4 is 5.97 Å². The molecule has 0 amide bonds. The van der Waals surface area contributed by atoms with E-state index in [0.717, 1.165) is 18.4 Å². The molecule has 0 aliphatic carbocycles. The van der Waals surface area contributed by atoms with Gasteiger partial charge in [0.05, 0.1) is 38.3 Å². The summed E-state index contributed by atoms with van der Waals surface area (Å²) in [7, 11) is 1.19. The minimum atomic E-state index is -0.890. The second-order valence-electron chi connectivity index (χ2n) is 10.7. The van der Waals surface area contributed by atoms with Crippen molar-refractivity contribution in [1.29, 1.82) is 0 Å². The van der Waals surface area contributed by atoms with Gasteiger partial charge in [-0.05, 0) is 24.3 Å². The van der Waals surface area contributed by atoms with Gasteiger partial charge >= 0.3 is 5.97 Å². The van der Waals surface area contributed by atoms with E-state index in [4.69, 9.17) is 19.2 Å². The molecule has 202 valence electrons. The Labute approximate surface area is 223 Å². The molecule has 4 rings (SSSR count). The number of unbranched alkanes of at least 4 members (excludes halogenated alkanes) is 1. The highest BCUT2D eigenvalue weighted by atomic mass is 16.5. The number of fused-ring (bicyclic) bond motifs is 3. The number of aryl methyl sites for hydroxylation is 1. The molecule has 0 radical (unpaired) electrons. The number of hydrogen-bond donors (Lipinski definition) is 1. The number of carbonyl (C=O) groups is 1. The number of benzene rings is 1. The number of ether oxygens (including phenoxy) is 3. The van der Waals surface area contributed by atoms with Crippen LogP contribution in [0.4, 0.5) is 0 Å². The van der Waals surface area contributed by atoms with Crippen molar-refractivity contribution in [2.45, 2.75) is 59.9 Å². The molecule has 2 aromatic heterocycles. The van der Waals surface area contributed by atoms with Gasteiger partial charge in [-0.25, -0.2) is 9.78 Å². The van der Waals surface area contributed by atoms with E-state index in [0.29, 0.717) is 40.8 Å². The zero-order valence-corrected chi connectivity index (χ0v) is 23.0. The van der Waals surface area contributed by atoms with Gasteiger partial charge < -0.3 is 23.9 Å². The Kier molecular flexibility index (Phi) is 7.81. The Morgan fingerprint density at radius 3 is 2.58 bits per heavy atom. The van der Waals surface area contributed by atoms with Crippen molar-refractivity contribution < 1.29 is 24.1 Å². The molecule has 1 aliphatic heterocycles.